The molecule has 68 valence electrons. The number of nitrogens with one attached hydrogen (secondary N) is 1. The van der Waals surface area contributed by atoms with Crippen LogP contribution in [0.15, 0.2) is 18.2 Å². The van der Waals surface area contributed by atoms with E-state index >= 15 is 0 Å². The second kappa shape index (κ2) is 4.79. The molecule has 1 rings (SSSR count). The second-order valence-electron chi connectivity index (χ2n) is 2.71. The molecule has 1 aromatic carbocycles. The van der Waals surface area contributed by atoms with E-state index in [1.165, 1.54) is 0 Å². The van der Waals surface area contributed by atoms with Crippen molar-refractivity contribution in [3.63, 3.8) is 0 Å². The summed E-state index contributed by atoms with van der Waals surface area (Å²) >= 11 is 6.00. The molecule has 0 aliphatic rings. The van der Waals surface area contributed by atoms with Gasteiger partial charge in [0.2, 0.25) is 0 Å². The topological polar surface area (TPSA) is 12.0 Å². The van der Waals surface area contributed by atoms with Crippen LogP contribution < -0.4 is 5.32 Å². The highest BCUT2D eigenvalue weighted by molar-refractivity contribution is 6.33. The minimum Gasteiger partial charge on any atom is -0.373 e. The van der Waals surface area contributed by atoms with Crippen molar-refractivity contribution in [2.75, 3.05) is 11.9 Å². The molecule has 0 aliphatic carbocycles. The maximum absolute atomic E-state index is 6.00. The molecule has 13 heavy (non-hydrogen) atoms. The lowest BCUT2D eigenvalue weighted by atomic mass is 10.2. The van der Waals surface area contributed by atoms with Gasteiger partial charge in [0, 0.05) is 0 Å². The van der Waals surface area contributed by atoms with Crippen LogP contribution in [0.25, 0.3) is 0 Å². The van der Waals surface area contributed by atoms with Crippen LogP contribution in [-0.2, 0) is 0 Å². The molecule has 0 aromatic heterocycles. The Hall–Kier alpha value is -1.13. The van der Waals surface area contributed by atoms with Crippen molar-refractivity contribution in [3.8, 4) is 11.8 Å². The quantitative estimate of drug-likeness (QED) is 0.712. The molecule has 0 atom stereocenters. The van der Waals surface area contributed by atoms with Crippen LogP contribution in [0.3, 0.4) is 0 Å². The van der Waals surface area contributed by atoms with Gasteiger partial charge in [-0.2, -0.15) is 0 Å². The molecule has 1 aromatic rings. The number of hydrogen-bond donors (Lipinski definition) is 1. The van der Waals surface area contributed by atoms with Gasteiger partial charge in [0.05, 0.1) is 17.3 Å². The molecule has 0 saturated heterocycles. The molecule has 0 unspecified atom stereocenters. The zero-order chi connectivity index (χ0) is 9.68. The van der Waals surface area contributed by atoms with Gasteiger partial charge in [-0.25, -0.2) is 0 Å². The smallest absolute Gasteiger partial charge is 0.0766 e. The molecule has 0 aliphatic heterocycles. The summed E-state index contributed by atoms with van der Waals surface area (Å²) in [5.74, 6) is 5.75. The van der Waals surface area contributed by atoms with Crippen LogP contribution in [0.5, 0.6) is 0 Å². The van der Waals surface area contributed by atoms with Crippen LogP contribution in [0, 0.1) is 18.8 Å². The fourth-order valence-electron chi connectivity index (χ4n) is 1.08. The van der Waals surface area contributed by atoms with Crippen molar-refractivity contribution in [1.82, 2.24) is 0 Å². The van der Waals surface area contributed by atoms with Crippen LogP contribution in [0.2, 0.25) is 5.02 Å². The van der Waals surface area contributed by atoms with Gasteiger partial charge in [0.15, 0.2) is 0 Å². The van der Waals surface area contributed by atoms with Crippen molar-refractivity contribution in [1.29, 1.82) is 0 Å². The Bertz CT molecular complexity index is 327. The van der Waals surface area contributed by atoms with E-state index in [2.05, 4.69) is 17.2 Å². The van der Waals surface area contributed by atoms with Crippen molar-refractivity contribution >= 4 is 17.3 Å². The first-order chi connectivity index (χ1) is 6.25. The first kappa shape index (κ1) is 9.95. The molecule has 2 heteroatoms. The summed E-state index contributed by atoms with van der Waals surface area (Å²) < 4.78 is 0. The third kappa shape index (κ3) is 2.68. The number of hydrogen-bond acceptors (Lipinski definition) is 1. The van der Waals surface area contributed by atoms with Gasteiger partial charge in [-0.1, -0.05) is 29.7 Å². The van der Waals surface area contributed by atoms with Crippen molar-refractivity contribution in [2.24, 2.45) is 0 Å². The van der Waals surface area contributed by atoms with E-state index in [1.54, 1.807) is 0 Å². The Kier molecular flexibility index (Phi) is 3.67. The predicted molar refractivity (Wildman–Crippen MR) is 58.1 cm³/mol. The van der Waals surface area contributed by atoms with Gasteiger partial charge in [-0.15, -0.1) is 5.92 Å². The number of halogens is 1. The Balaban J connectivity index is 2.79. The van der Waals surface area contributed by atoms with Crippen LogP contribution in [0.1, 0.15) is 12.5 Å². The number of rotatable bonds is 2. The van der Waals surface area contributed by atoms with E-state index in [1.807, 2.05) is 32.0 Å². The largest absolute Gasteiger partial charge is 0.373 e. The van der Waals surface area contributed by atoms with Gasteiger partial charge in [0.25, 0.3) is 0 Å². The fourth-order valence-corrected chi connectivity index (χ4v) is 1.37. The first-order valence-electron chi connectivity index (χ1n) is 4.14. The van der Waals surface area contributed by atoms with Gasteiger partial charge in [-0.3, -0.25) is 0 Å². The third-order valence-corrected chi connectivity index (χ3v) is 2.07. The van der Waals surface area contributed by atoms with E-state index in [4.69, 9.17) is 11.6 Å². The average Bonchev–Trinajstić information content (AvgIpc) is 2.10. The van der Waals surface area contributed by atoms with Gasteiger partial charge < -0.3 is 5.32 Å². The standard InChI is InChI=1S/C11H12ClN/c1-3-4-8-13-11-9(2)6-5-7-10(11)12/h5-7,13H,8H2,1-2H3. The zero-order valence-corrected chi connectivity index (χ0v) is 8.57. The van der Waals surface area contributed by atoms with E-state index in [0.717, 1.165) is 16.3 Å². The Morgan fingerprint density at radius 3 is 2.85 bits per heavy atom. The highest BCUT2D eigenvalue weighted by atomic mass is 35.5. The molecule has 0 spiro atoms. The number of para-hydroxylation sites is 1. The predicted octanol–water partition coefficient (Wildman–Crippen LogP) is 3.08. The van der Waals surface area contributed by atoms with Crippen LogP contribution in [-0.4, -0.2) is 6.54 Å². The summed E-state index contributed by atoms with van der Waals surface area (Å²) in [6.07, 6.45) is 0. The molecule has 0 fully saturated rings. The summed E-state index contributed by atoms with van der Waals surface area (Å²) in [7, 11) is 0. The molecule has 0 amide bonds. The normalized spacial score (nSPS) is 8.85. The molecular weight excluding hydrogens is 182 g/mol. The van der Waals surface area contributed by atoms with Gasteiger partial charge in [0.1, 0.15) is 0 Å². The molecule has 0 saturated carbocycles. The van der Waals surface area contributed by atoms with Gasteiger partial charge in [-0.05, 0) is 25.5 Å². The first-order valence-corrected chi connectivity index (χ1v) is 4.52. The number of anilines is 1. The molecular formula is C11H12ClN. The highest BCUT2D eigenvalue weighted by Crippen LogP contribution is 2.24. The van der Waals surface area contributed by atoms with Crippen LogP contribution in [0.4, 0.5) is 5.69 Å². The maximum atomic E-state index is 6.00. The zero-order valence-electron chi connectivity index (χ0n) is 7.82. The van der Waals surface area contributed by atoms with E-state index in [0.29, 0.717) is 6.54 Å². The number of aryl methyl sites for hydroxylation is 1. The van der Waals surface area contributed by atoms with Crippen molar-refractivity contribution in [2.45, 2.75) is 13.8 Å². The molecule has 1 nitrogen and oxygen atoms in total. The van der Waals surface area contributed by atoms with Gasteiger partial charge >= 0.3 is 0 Å². The number of benzene rings is 1. The Morgan fingerprint density at radius 2 is 2.23 bits per heavy atom. The molecule has 0 radical (unpaired) electrons. The summed E-state index contributed by atoms with van der Waals surface area (Å²) in [6, 6.07) is 5.83. The minimum atomic E-state index is 0.640. The molecule has 1 N–H and O–H groups in total. The maximum Gasteiger partial charge on any atom is 0.0766 e. The molecule has 0 heterocycles. The van der Waals surface area contributed by atoms with E-state index in [9.17, 15) is 0 Å². The lowest BCUT2D eigenvalue weighted by Crippen LogP contribution is -2.00. The van der Waals surface area contributed by atoms with Crippen molar-refractivity contribution in [3.05, 3.63) is 28.8 Å². The average molecular weight is 194 g/mol. The third-order valence-electron chi connectivity index (χ3n) is 1.75. The lowest BCUT2D eigenvalue weighted by Gasteiger charge is -2.08. The monoisotopic (exact) mass is 193 g/mol. The van der Waals surface area contributed by atoms with E-state index < -0.39 is 0 Å². The summed E-state index contributed by atoms with van der Waals surface area (Å²) in [5.41, 5.74) is 2.12. The molecule has 0 bridgehead atoms. The second-order valence-corrected chi connectivity index (χ2v) is 3.12. The van der Waals surface area contributed by atoms with Crippen LogP contribution >= 0.6 is 11.6 Å². The minimum absolute atomic E-state index is 0.640. The summed E-state index contributed by atoms with van der Waals surface area (Å²) in [4.78, 5) is 0. The SMILES string of the molecule is CC#CCNc1c(C)cccc1Cl. The van der Waals surface area contributed by atoms with Crippen molar-refractivity contribution < 1.29 is 0 Å². The lowest BCUT2D eigenvalue weighted by molar-refractivity contribution is 1.33. The fraction of sp³-hybridized carbons (Fsp3) is 0.273. The summed E-state index contributed by atoms with van der Waals surface area (Å²) in [6.45, 7) is 4.48. The highest BCUT2D eigenvalue weighted by Gasteiger charge is 2.00. The Labute approximate surface area is 84.1 Å². The Morgan fingerprint density at radius 1 is 1.46 bits per heavy atom. The summed E-state index contributed by atoms with van der Waals surface area (Å²) in [5, 5.41) is 3.92. The van der Waals surface area contributed by atoms with E-state index in [-0.39, 0.29) is 0 Å².